The van der Waals surface area contributed by atoms with Gasteiger partial charge in [-0.15, -0.1) is 0 Å². The summed E-state index contributed by atoms with van der Waals surface area (Å²) in [6.07, 6.45) is 1.18. The van der Waals surface area contributed by atoms with Crippen molar-refractivity contribution in [3.05, 3.63) is 35.9 Å². The van der Waals surface area contributed by atoms with Gasteiger partial charge in [-0.1, -0.05) is 37.3 Å². The lowest BCUT2D eigenvalue weighted by atomic mass is 9.96. The van der Waals surface area contributed by atoms with E-state index in [4.69, 9.17) is 0 Å². The summed E-state index contributed by atoms with van der Waals surface area (Å²) in [7, 11) is 0. The molecule has 102 valence electrons. The van der Waals surface area contributed by atoms with E-state index in [9.17, 15) is 0 Å². The molecule has 1 aromatic carbocycles. The molecule has 2 N–H and O–H groups in total. The Labute approximate surface area is 112 Å². The van der Waals surface area contributed by atoms with Crippen LogP contribution in [0.2, 0.25) is 0 Å². The van der Waals surface area contributed by atoms with Gasteiger partial charge in [0, 0.05) is 25.2 Å². The van der Waals surface area contributed by atoms with Crippen LogP contribution in [0, 0.1) is 0 Å². The Kier molecular flexibility index (Phi) is 6.37. The van der Waals surface area contributed by atoms with Crippen LogP contribution in [-0.4, -0.2) is 25.2 Å². The van der Waals surface area contributed by atoms with Crippen LogP contribution in [0.5, 0.6) is 0 Å². The molecule has 1 rings (SSSR count). The minimum atomic E-state index is 0.214. The minimum Gasteiger partial charge on any atom is -0.315 e. The Morgan fingerprint density at radius 3 is 2.28 bits per heavy atom. The number of nitrogens with one attached hydrogen (secondary N) is 2. The van der Waals surface area contributed by atoms with Gasteiger partial charge < -0.3 is 10.6 Å². The van der Waals surface area contributed by atoms with Gasteiger partial charge in [0.25, 0.3) is 0 Å². The van der Waals surface area contributed by atoms with Crippen molar-refractivity contribution in [2.24, 2.45) is 0 Å². The monoisotopic (exact) mass is 248 g/mol. The summed E-state index contributed by atoms with van der Waals surface area (Å²) in [6, 6.07) is 10.8. The second-order valence-corrected chi connectivity index (χ2v) is 5.90. The van der Waals surface area contributed by atoms with E-state index in [1.54, 1.807) is 0 Å². The molecule has 0 aliphatic rings. The Morgan fingerprint density at radius 1 is 1.06 bits per heavy atom. The first-order valence-corrected chi connectivity index (χ1v) is 7.03. The van der Waals surface area contributed by atoms with Crippen LogP contribution in [-0.2, 0) is 0 Å². The van der Waals surface area contributed by atoms with Crippen LogP contribution >= 0.6 is 0 Å². The highest BCUT2D eigenvalue weighted by Crippen LogP contribution is 2.17. The predicted octanol–water partition coefficient (Wildman–Crippen LogP) is 3.16. The SMILES string of the molecule is CCC(CNCCNC(C)(C)C)c1ccccc1. The molecule has 18 heavy (non-hydrogen) atoms. The Morgan fingerprint density at radius 2 is 1.72 bits per heavy atom. The maximum atomic E-state index is 3.54. The van der Waals surface area contributed by atoms with Gasteiger partial charge in [0.2, 0.25) is 0 Å². The van der Waals surface area contributed by atoms with Crippen molar-refractivity contribution in [2.45, 2.75) is 45.6 Å². The van der Waals surface area contributed by atoms with Gasteiger partial charge in [0.15, 0.2) is 0 Å². The molecule has 0 aromatic heterocycles. The molecule has 2 heteroatoms. The summed E-state index contributed by atoms with van der Waals surface area (Å²) in [5.41, 5.74) is 1.65. The highest BCUT2D eigenvalue weighted by molar-refractivity contribution is 5.19. The third kappa shape index (κ3) is 6.18. The zero-order valence-electron chi connectivity index (χ0n) is 12.3. The second kappa shape index (κ2) is 7.55. The van der Waals surface area contributed by atoms with Crippen LogP contribution < -0.4 is 10.6 Å². The normalized spacial score (nSPS) is 13.6. The van der Waals surface area contributed by atoms with E-state index < -0.39 is 0 Å². The lowest BCUT2D eigenvalue weighted by Crippen LogP contribution is -2.40. The highest BCUT2D eigenvalue weighted by atomic mass is 15.0. The quantitative estimate of drug-likeness (QED) is 0.724. The van der Waals surface area contributed by atoms with Crippen LogP contribution in [0.25, 0.3) is 0 Å². The molecule has 0 aliphatic heterocycles. The topological polar surface area (TPSA) is 24.1 Å². The van der Waals surface area contributed by atoms with Crippen LogP contribution in [0.15, 0.2) is 30.3 Å². The van der Waals surface area contributed by atoms with Crippen molar-refractivity contribution in [3.63, 3.8) is 0 Å². The molecule has 0 saturated carbocycles. The summed E-state index contributed by atoms with van der Waals surface area (Å²) < 4.78 is 0. The van der Waals surface area contributed by atoms with Gasteiger partial charge in [0.1, 0.15) is 0 Å². The minimum absolute atomic E-state index is 0.214. The Balaban J connectivity index is 2.25. The zero-order valence-corrected chi connectivity index (χ0v) is 12.3. The Hall–Kier alpha value is -0.860. The van der Waals surface area contributed by atoms with Gasteiger partial charge in [-0.3, -0.25) is 0 Å². The van der Waals surface area contributed by atoms with E-state index in [1.807, 2.05) is 0 Å². The van der Waals surface area contributed by atoms with Gasteiger partial charge in [0.05, 0.1) is 0 Å². The van der Waals surface area contributed by atoms with Crippen LogP contribution in [0.3, 0.4) is 0 Å². The molecule has 0 bridgehead atoms. The molecular formula is C16H28N2. The van der Waals surface area contributed by atoms with Gasteiger partial charge in [-0.2, -0.15) is 0 Å². The van der Waals surface area contributed by atoms with Crippen molar-refractivity contribution in [2.75, 3.05) is 19.6 Å². The van der Waals surface area contributed by atoms with Crippen LogP contribution in [0.4, 0.5) is 0 Å². The number of benzene rings is 1. The molecular weight excluding hydrogens is 220 g/mol. The first-order valence-electron chi connectivity index (χ1n) is 7.03. The number of hydrogen-bond acceptors (Lipinski definition) is 2. The van der Waals surface area contributed by atoms with E-state index in [1.165, 1.54) is 12.0 Å². The molecule has 0 heterocycles. The smallest absolute Gasteiger partial charge is 0.00970 e. The first-order chi connectivity index (χ1) is 8.53. The van der Waals surface area contributed by atoms with Crippen molar-refractivity contribution in [3.8, 4) is 0 Å². The molecule has 0 radical (unpaired) electrons. The highest BCUT2D eigenvalue weighted by Gasteiger charge is 2.09. The molecule has 1 unspecified atom stereocenters. The molecule has 0 saturated heterocycles. The second-order valence-electron chi connectivity index (χ2n) is 5.90. The zero-order chi connectivity index (χ0) is 13.4. The van der Waals surface area contributed by atoms with Crippen molar-refractivity contribution in [1.29, 1.82) is 0 Å². The summed E-state index contributed by atoms with van der Waals surface area (Å²) in [5, 5.41) is 7.04. The van der Waals surface area contributed by atoms with Gasteiger partial charge in [-0.25, -0.2) is 0 Å². The maximum Gasteiger partial charge on any atom is 0.00970 e. The van der Waals surface area contributed by atoms with E-state index in [-0.39, 0.29) is 5.54 Å². The molecule has 1 atom stereocenters. The van der Waals surface area contributed by atoms with E-state index >= 15 is 0 Å². The first kappa shape index (κ1) is 15.2. The summed E-state index contributed by atoms with van der Waals surface area (Å²) in [4.78, 5) is 0. The third-order valence-corrected chi connectivity index (χ3v) is 3.11. The van der Waals surface area contributed by atoms with Crippen molar-refractivity contribution >= 4 is 0 Å². The molecule has 0 fully saturated rings. The lowest BCUT2D eigenvalue weighted by molar-refractivity contribution is 0.418. The van der Waals surface area contributed by atoms with Crippen molar-refractivity contribution < 1.29 is 0 Å². The van der Waals surface area contributed by atoms with E-state index in [0.29, 0.717) is 5.92 Å². The van der Waals surface area contributed by atoms with E-state index in [2.05, 4.69) is 68.7 Å². The van der Waals surface area contributed by atoms with E-state index in [0.717, 1.165) is 19.6 Å². The van der Waals surface area contributed by atoms with Gasteiger partial charge >= 0.3 is 0 Å². The van der Waals surface area contributed by atoms with Gasteiger partial charge in [-0.05, 0) is 38.7 Å². The summed E-state index contributed by atoms with van der Waals surface area (Å²) in [6.45, 7) is 12.0. The fraction of sp³-hybridized carbons (Fsp3) is 0.625. The molecule has 0 amide bonds. The molecule has 0 spiro atoms. The molecule has 2 nitrogen and oxygen atoms in total. The fourth-order valence-corrected chi connectivity index (χ4v) is 2.03. The summed E-state index contributed by atoms with van der Waals surface area (Å²) in [5.74, 6) is 0.626. The average molecular weight is 248 g/mol. The lowest BCUT2D eigenvalue weighted by Gasteiger charge is -2.21. The number of hydrogen-bond donors (Lipinski definition) is 2. The number of rotatable bonds is 7. The predicted molar refractivity (Wildman–Crippen MR) is 80.1 cm³/mol. The largest absolute Gasteiger partial charge is 0.315 e. The standard InChI is InChI=1S/C16H28N2/c1-5-14(15-9-7-6-8-10-15)13-17-11-12-18-16(2,3)4/h6-10,14,17-18H,5,11-13H2,1-4H3. The maximum absolute atomic E-state index is 3.54. The fourth-order valence-electron chi connectivity index (χ4n) is 2.03. The summed E-state index contributed by atoms with van der Waals surface area (Å²) >= 11 is 0. The third-order valence-electron chi connectivity index (χ3n) is 3.11. The van der Waals surface area contributed by atoms with Crippen LogP contribution in [0.1, 0.15) is 45.6 Å². The molecule has 0 aliphatic carbocycles. The van der Waals surface area contributed by atoms with Crippen molar-refractivity contribution in [1.82, 2.24) is 10.6 Å². The average Bonchev–Trinajstić information content (AvgIpc) is 2.33. The Bertz CT molecular complexity index is 314. The molecule has 1 aromatic rings.